The molecular formula is C11H12BrNO4. The number of para-hydroxylation sites is 1. The molecule has 0 bridgehead atoms. The molecule has 5 nitrogen and oxygen atoms in total. The van der Waals surface area contributed by atoms with E-state index in [1.54, 1.807) is 13.0 Å². The van der Waals surface area contributed by atoms with Gasteiger partial charge in [0.05, 0.1) is 17.1 Å². The minimum absolute atomic E-state index is 0.0611. The minimum atomic E-state index is -0.546. The third-order valence-electron chi connectivity index (χ3n) is 2.10. The summed E-state index contributed by atoms with van der Waals surface area (Å²) in [6.07, 6.45) is 0.279. The van der Waals surface area contributed by atoms with E-state index < -0.39 is 4.92 Å². The minimum Gasteiger partial charge on any atom is -0.487 e. The fourth-order valence-electron chi connectivity index (χ4n) is 1.40. The summed E-state index contributed by atoms with van der Waals surface area (Å²) in [6.45, 7) is 1.99. The molecule has 0 unspecified atom stereocenters. The molecule has 0 amide bonds. The molecule has 0 saturated carbocycles. The lowest BCUT2D eigenvalue weighted by Crippen LogP contribution is -2.06. The van der Waals surface area contributed by atoms with Gasteiger partial charge in [-0.1, -0.05) is 22.0 Å². The smallest absolute Gasteiger partial charge is 0.311 e. The highest BCUT2D eigenvalue weighted by molar-refractivity contribution is 9.09. The Bertz CT molecular complexity index is 433. The molecule has 92 valence electrons. The van der Waals surface area contributed by atoms with Crippen LogP contribution in [0.25, 0.3) is 0 Å². The maximum atomic E-state index is 11.8. The van der Waals surface area contributed by atoms with Crippen molar-refractivity contribution >= 4 is 27.4 Å². The number of hydrogen-bond donors (Lipinski definition) is 0. The van der Waals surface area contributed by atoms with Crippen LogP contribution in [0.1, 0.15) is 23.7 Å². The molecule has 0 aliphatic rings. The third kappa shape index (κ3) is 3.26. The molecule has 1 aromatic carbocycles. The van der Waals surface area contributed by atoms with Crippen LogP contribution < -0.4 is 4.74 Å². The van der Waals surface area contributed by atoms with Crippen molar-refractivity contribution in [1.82, 2.24) is 0 Å². The van der Waals surface area contributed by atoms with Crippen molar-refractivity contribution in [2.75, 3.05) is 11.9 Å². The number of rotatable bonds is 6. The molecule has 1 rings (SSSR count). The number of hydrogen-bond acceptors (Lipinski definition) is 4. The molecule has 1 aromatic rings. The van der Waals surface area contributed by atoms with Crippen LogP contribution in [0.3, 0.4) is 0 Å². The Kier molecular flexibility index (Phi) is 5.09. The van der Waals surface area contributed by atoms with Crippen molar-refractivity contribution in [3.63, 3.8) is 0 Å². The number of alkyl halides is 1. The number of carbonyl (C=O) groups excluding carboxylic acids is 1. The Hall–Kier alpha value is -1.43. The molecule has 0 aromatic heterocycles. The fraction of sp³-hybridized carbons (Fsp3) is 0.364. The van der Waals surface area contributed by atoms with Gasteiger partial charge in [-0.05, 0) is 13.0 Å². The molecule has 0 fully saturated rings. The van der Waals surface area contributed by atoms with Gasteiger partial charge in [0.25, 0.3) is 0 Å². The number of Topliss-reactive ketones (excluding diaryl/α,β-unsaturated/α-hetero) is 1. The van der Waals surface area contributed by atoms with Crippen molar-refractivity contribution in [2.24, 2.45) is 0 Å². The topological polar surface area (TPSA) is 69.4 Å². The van der Waals surface area contributed by atoms with Gasteiger partial charge in [-0.15, -0.1) is 0 Å². The SMILES string of the molecule is CCOc1c(C(=O)CCBr)cccc1[N+](=O)[O-]. The van der Waals surface area contributed by atoms with Crippen LogP contribution in [-0.2, 0) is 0 Å². The van der Waals surface area contributed by atoms with Crippen LogP contribution in [0.5, 0.6) is 5.75 Å². The zero-order chi connectivity index (χ0) is 12.8. The number of halogens is 1. The van der Waals surface area contributed by atoms with Crippen LogP contribution in [0, 0.1) is 10.1 Å². The predicted molar refractivity (Wildman–Crippen MR) is 67.0 cm³/mol. The lowest BCUT2D eigenvalue weighted by Gasteiger charge is -2.08. The van der Waals surface area contributed by atoms with Gasteiger partial charge in [-0.3, -0.25) is 14.9 Å². The summed E-state index contributed by atoms with van der Waals surface area (Å²) < 4.78 is 5.22. The van der Waals surface area contributed by atoms with E-state index in [1.165, 1.54) is 12.1 Å². The number of benzene rings is 1. The predicted octanol–water partition coefficient (Wildman–Crippen LogP) is 2.96. The highest BCUT2D eigenvalue weighted by atomic mass is 79.9. The van der Waals surface area contributed by atoms with Crippen LogP contribution in [-0.4, -0.2) is 22.6 Å². The zero-order valence-electron chi connectivity index (χ0n) is 9.31. The van der Waals surface area contributed by atoms with Crippen LogP contribution >= 0.6 is 15.9 Å². The molecule has 0 heterocycles. The monoisotopic (exact) mass is 301 g/mol. The summed E-state index contributed by atoms with van der Waals surface area (Å²) in [6, 6.07) is 4.36. The van der Waals surface area contributed by atoms with Crippen LogP contribution in [0.2, 0.25) is 0 Å². The first kappa shape index (κ1) is 13.6. The highest BCUT2D eigenvalue weighted by Crippen LogP contribution is 2.31. The molecule has 0 aliphatic heterocycles. The van der Waals surface area contributed by atoms with Gasteiger partial charge in [0.1, 0.15) is 0 Å². The van der Waals surface area contributed by atoms with Crippen molar-refractivity contribution in [2.45, 2.75) is 13.3 Å². The molecule has 0 aliphatic carbocycles. The summed E-state index contributed by atoms with van der Waals surface area (Å²) in [7, 11) is 0. The first-order chi connectivity index (χ1) is 8.11. The first-order valence-electron chi connectivity index (χ1n) is 5.11. The number of ketones is 1. The van der Waals surface area contributed by atoms with Gasteiger partial charge in [0.15, 0.2) is 5.78 Å². The van der Waals surface area contributed by atoms with E-state index in [0.29, 0.717) is 5.33 Å². The summed E-state index contributed by atoms with van der Waals surface area (Å²) in [5.41, 5.74) is 0.0905. The van der Waals surface area contributed by atoms with E-state index in [2.05, 4.69) is 15.9 Å². The third-order valence-corrected chi connectivity index (χ3v) is 2.50. The number of nitrogens with zero attached hydrogens (tertiary/aromatic N) is 1. The van der Waals surface area contributed by atoms with Crippen LogP contribution in [0.15, 0.2) is 18.2 Å². The lowest BCUT2D eigenvalue weighted by molar-refractivity contribution is -0.385. The summed E-state index contributed by atoms with van der Waals surface area (Å²) in [5, 5.41) is 11.3. The van der Waals surface area contributed by atoms with Crippen molar-refractivity contribution in [3.8, 4) is 5.75 Å². The Morgan fingerprint density at radius 1 is 1.53 bits per heavy atom. The van der Waals surface area contributed by atoms with Gasteiger partial charge in [0.2, 0.25) is 5.75 Å². The standard InChI is InChI=1S/C11H12BrNO4/c1-2-17-11-8(10(14)6-7-12)4-3-5-9(11)13(15)16/h3-5H,2,6-7H2,1H3. The Morgan fingerprint density at radius 2 is 2.24 bits per heavy atom. The maximum Gasteiger partial charge on any atom is 0.311 e. The van der Waals surface area contributed by atoms with Crippen LogP contribution in [0.4, 0.5) is 5.69 Å². The van der Waals surface area contributed by atoms with E-state index in [4.69, 9.17) is 4.74 Å². The number of ether oxygens (including phenoxy) is 1. The summed E-state index contributed by atoms with van der Waals surface area (Å²) in [5.74, 6) is -0.111. The quantitative estimate of drug-likeness (QED) is 0.350. The lowest BCUT2D eigenvalue weighted by atomic mass is 10.1. The maximum absolute atomic E-state index is 11.8. The number of nitro benzene ring substituents is 1. The van der Waals surface area contributed by atoms with Crippen molar-refractivity contribution in [1.29, 1.82) is 0 Å². The number of nitro groups is 1. The molecule has 0 saturated heterocycles. The zero-order valence-corrected chi connectivity index (χ0v) is 10.9. The molecule has 0 N–H and O–H groups in total. The second-order valence-corrected chi connectivity index (χ2v) is 4.00. The molecule has 0 atom stereocenters. The average molecular weight is 302 g/mol. The van der Waals surface area contributed by atoms with Crippen molar-refractivity contribution in [3.05, 3.63) is 33.9 Å². The molecule has 17 heavy (non-hydrogen) atoms. The molecule has 6 heteroatoms. The largest absolute Gasteiger partial charge is 0.487 e. The molecule has 0 radical (unpaired) electrons. The fourth-order valence-corrected chi connectivity index (χ4v) is 1.76. The average Bonchev–Trinajstić information content (AvgIpc) is 2.29. The van der Waals surface area contributed by atoms with E-state index in [9.17, 15) is 14.9 Å². The second kappa shape index (κ2) is 6.34. The Labute approximate surface area is 107 Å². The van der Waals surface area contributed by atoms with E-state index in [-0.39, 0.29) is 35.8 Å². The van der Waals surface area contributed by atoms with E-state index in [0.717, 1.165) is 0 Å². The Balaban J connectivity index is 3.24. The van der Waals surface area contributed by atoms with Gasteiger partial charge in [-0.2, -0.15) is 0 Å². The Morgan fingerprint density at radius 3 is 2.76 bits per heavy atom. The second-order valence-electron chi connectivity index (χ2n) is 3.21. The highest BCUT2D eigenvalue weighted by Gasteiger charge is 2.22. The van der Waals surface area contributed by atoms with E-state index >= 15 is 0 Å². The van der Waals surface area contributed by atoms with E-state index in [1.807, 2.05) is 0 Å². The first-order valence-corrected chi connectivity index (χ1v) is 6.23. The number of carbonyl (C=O) groups is 1. The molecule has 0 spiro atoms. The summed E-state index contributed by atoms with van der Waals surface area (Å²) >= 11 is 3.16. The van der Waals surface area contributed by atoms with Gasteiger partial charge in [-0.25, -0.2) is 0 Å². The normalized spacial score (nSPS) is 10.0. The van der Waals surface area contributed by atoms with Gasteiger partial charge < -0.3 is 4.74 Å². The molecular weight excluding hydrogens is 290 g/mol. The summed E-state index contributed by atoms with van der Waals surface area (Å²) in [4.78, 5) is 22.1. The van der Waals surface area contributed by atoms with Crippen molar-refractivity contribution < 1.29 is 14.5 Å². The van der Waals surface area contributed by atoms with Gasteiger partial charge >= 0.3 is 5.69 Å². The van der Waals surface area contributed by atoms with Gasteiger partial charge in [0, 0.05) is 17.8 Å².